The fourth-order valence-electron chi connectivity index (χ4n) is 2.28. The predicted octanol–water partition coefficient (Wildman–Crippen LogP) is 3.34. The highest BCUT2D eigenvalue weighted by atomic mass is 16.1. The Hall–Kier alpha value is -3.13. The summed E-state index contributed by atoms with van der Waals surface area (Å²) in [6, 6.07) is 12.9. The molecule has 0 unspecified atom stereocenters. The van der Waals surface area contributed by atoms with Crippen LogP contribution < -0.4 is 10.9 Å². The molecule has 0 amide bonds. The third-order valence-electron chi connectivity index (χ3n) is 3.49. The number of nitrogens with one attached hydrogen (secondary N) is 1. The maximum Gasteiger partial charge on any atom is 0.253 e. The maximum absolute atomic E-state index is 12.2. The zero-order valence-corrected chi connectivity index (χ0v) is 13.5. The molecule has 1 aromatic carbocycles. The SMILES string of the molecule is CCCC#CCn1c(=O)ccc2cnc(Nc3ccccc3)nc21. The molecule has 2 heterocycles. The van der Waals surface area contributed by atoms with E-state index in [1.165, 1.54) is 6.07 Å². The molecule has 0 aliphatic heterocycles. The predicted molar refractivity (Wildman–Crippen MR) is 96.2 cm³/mol. The number of pyridine rings is 1. The van der Waals surface area contributed by atoms with Crippen molar-refractivity contribution >= 4 is 22.7 Å². The van der Waals surface area contributed by atoms with E-state index in [0.29, 0.717) is 18.1 Å². The molecular weight excluding hydrogens is 300 g/mol. The molecule has 3 aromatic rings. The van der Waals surface area contributed by atoms with E-state index >= 15 is 0 Å². The van der Waals surface area contributed by atoms with E-state index in [4.69, 9.17) is 0 Å². The summed E-state index contributed by atoms with van der Waals surface area (Å²) in [7, 11) is 0. The molecule has 0 atom stereocenters. The van der Waals surface area contributed by atoms with Gasteiger partial charge in [0, 0.05) is 29.8 Å². The second-order valence-electron chi connectivity index (χ2n) is 5.32. The van der Waals surface area contributed by atoms with Gasteiger partial charge in [0.25, 0.3) is 5.56 Å². The van der Waals surface area contributed by atoms with Gasteiger partial charge in [-0.15, -0.1) is 5.92 Å². The van der Waals surface area contributed by atoms with E-state index in [2.05, 4.69) is 34.0 Å². The number of unbranched alkanes of at least 4 members (excludes halogenated alkanes) is 1. The van der Waals surface area contributed by atoms with E-state index < -0.39 is 0 Å². The van der Waals surface area contributed by atoms with Crippen LogP contribution in [0.1, 0.15) is 19.8 Å². The molecule has 0 saturated carbocycles. The standard InChI is InChI=1S/C19H18N4O/c1-2-3-4-8-13-23-17(24)12-11-15-14-20-19(22-18(15)23)21-16-9-6-5-7-10-16/h5-7,9-12,14H,2-3,13H2,1H3,(H,20,21,22). The quantitative estimate of drug-likeness (QED) is 0.750. The van der Waals surface area contributed by atoms with Gasteiger partial charge in [0.2, 0.25) is 5.95 Å². The Labute approximate surface area is 140 Å². The fourth-order valence-corrected chi connectivity index (χ4v) is 2.28. The summed E-state index contributed by atoms with van der Waals surface area (Å²) in [6.07, 6.45) is 3.54. The smallest absolute Gasteiger partial charge is 0.253 e. The number of hydrogen-bond acceptors (Lipinski definition) is 4. The monoisotopic (exact) mass is 318 g/mol. The Bertz CT molecular complexity index is 952. The van der Waals surface area contributed by atoms with Crippen LogP contribution in [0, 0.1) is 11.8 Å². The fraction of sp³-hybridized carbons (Fsp3) is 0.211. The average Bonchev–Trinajstić information content (AvgIpc) is 2.61. The van der Waals surface area contributed by atoms with E-state index in [1.807, 2.05) is 30.3 Å². The Morgan fingerprint density at radius 2 is 1.96 bits per heavy atom. The van der Waals surface area contributed by atoms with Crippen molar-refractivity contribution in [3.8, 4) is 11.8 Å². The molecule has 0 radical (unpaired) electrons. The molecule has 0 fully saturated rings. The average molecular weight is 318 g/mol. The summed E-state index contributed by atoms with van der Waals surface area (Å²) in [4.78, 5) is 21.0. The van der Waals surface area contributed by atoms with Crippen LogP contribution in [-0.4, -0.2) is 14.5 Å². The lowest BCUT2D eigenvalue weighted by Crippen LogP contribution is -2.20. The van der Waals surface area contributed by atoms with Crippen molar-refractivity contribution in [2.24, 2.45) is 0 Å². The summed E-state index contributed by atoms with van der Waals surface area (Å²) in [5.41, 5.74) is 1.36. The molecular formula is C19H18N4O. The van der Waals surface area contributed by atoms with Gasteiger partial charge in [0.15, 0.2) is 0 Å². The zero-order chi connectivity index (χ0) is 16.8. The molecule has 5 nitrogen and oxygen atoms in total. The number of aromatic nitrogens is 3. The maximum atomic E-state index is 12.2. The van der Waals surface area contributed by atoms with Crippen LogP contribution in [0.15, 0.2) is 53.5 Å². The summed E-state index contributed by atoms with van der Waals surface area (Å²) >= 11 is 0. The number of anilines is 2. The first kappa shape index (κ1) is 15.8. The molecule has 0 saturated heterocycles. The molecule has 1 N–H and O–H groups in total. The summed E-state index contributed by atoms with van der Waals surface area (Å²) in [6.45, 7) is 2.41. The lowest BCUT2D eigenvalue weighted by Gasteiger charge is -2.08. The molecule has 2 aromatic heterocycles. The number of fused-ring (bicyclic) bond motifs is 1. The van der Waals surface area contributed by atoms with Gasteiger partial charge in [-0.2, -0.15) is 4.98 Å². The number of para-hydroxylation sites is 1. The topological polar surface area (TPSA) is 59.8 Å². The molecule has 0 spiro atoms. The third-order valence-corrected chi connectivity index (χ3v) is 3.49. The number of rotatable bonds is 4. The van der Waals surface area contributed by atoms with Gasteiger partial charge < -0.3 is 5.32 Å². The van der Waals surface area contributed by atoms with Crippen LogP contribution >= 0.6 is 0 Å². The van der Waals surface area contributed by atoms with Crippen LogP contribution in [0.2, 0.25) is 0 Å². The molecule has 0 aliphatic rings. The van der Waals surface area contributed by atoms with Crippen molar-refractivity contribution in [3.05, 3.63) is 59.0 Å². The zero-order valence-electron chi connectivity index (χ0n) is 13.5. The Kier molecular flexibility index (Phi) is 4.87. The molecule has 120 valence electrons. The van der Waals surface area contributed by atoms with E-state index in [-0.39, 0.29) is 5.56 Å². The first-order chi connectivity index (χ1) is 11.8. The molecule has 5 heteroatoms. The lowest BCUT2D eigenvalue weighted by atomic mass is 10.3. The van der Waals surface area contributed by atoms with Crippen LogP contribution in [-0.2, 0) is 6.54 Å². The molecule has 24 heavy (non-hydrogen) atoms. The van der Waals surface area contributed by atoms with Gasteiger partial charge in [-0.1, -0.05) is 31.0 Å². The van der Waals surface area contributed by atoms with E-state index in [1.54, 1.807) is 16.8 Å². The van der Waals surface area contributed by atoms with Crippen LogP contribution in [0.3, 0.4) is 0 Å². The number of benzene rings is 1. The van der Waals surface area contributed by atoms with Gasteiger partial charge in [0.1, 0.15) is 5.65 Å². The van der Waals surface area contributed by atoms with Gasteiger partial charge >= 0.3 is 0 Å². The van der Waals surface area contributed by atoms with Crippen molar-refractivity contribution in [2.75, 3.05) is 5.32 Å². The van der Waals surface area contributed by atoms with Crippen molar-refractivity contribution in [2.45, 2.75) is 26.3 Å². The Morgan fingerprint density at radius 3 is 2.75 bits per heavy atom. The van der Waals surface area contributed by atoms with Crippen molar-refractivity contribution in [3.63, 3.8) is 0 Å². The van der Waals surface area contributed by atoms with Crippen LogP contribution in [0.4, 0.5) is 11.6 Å². The van der Waals surface area contributed by atoms with Gasteiger partial charge in [-0.3, -0.25) is 9.36 Å². The van der Waals surface area contributed by atoms with Crippen molar-refractivity contribution in [1.29, 1.82) is 0 Å². The van der Waals surface area contributed by atoms with Crippen LogP contribution in [0.25, 0.3) is 11.0 Å². The first-order valence-electron chi connectivity index (χ1n) is 7.92. The highest BCUT2D eigenvalue weighted by Gasteiger charge is 2.06. The van der Waals surface area contributed by atoms with Gasteiger partial charge in [0.05, 0.1) is 6.54 Å². The Morgan fingerprint density at radius 1 is 1.12 bits per heavy atom. The normalized spacial score (nSPS) is 10.2. The summed E-state index contributed by atoms with van der Waals surface area (Å²) < 4.78 is 1.58. The molecule has 0 bridgehead atoms. The lowest BCUT2D eigenvalue weighted by molar-refractivity contribution is 0.818. The van der Waals surface area contributed by atoms with Crippen molar-refractivity contribution in [1.82, 2.24) is 14.5 Å². The summed E-state index contributed by atoms with van der Waals surface area (Å²) in [5.74, 6) is 6.55. The van der Waals surface area contributed by atoms with Crippen molar-refractivity contribution < 1.29 is 0 Å². The summed E-state index contributed by atoms with van der Waals surface area (Å²) in [5, 5.41) is 3.96. The first-order valence-corrected chi connectivity index (χ1v) is 7.92. The highest BCUT2D eigenvalue weighted by molar-refractivity contribution is 5.75. The minimum absolute atomic E-state index is 0.113. The van der Waals surface area contributed by atoms with E-state index in [9.17, 15) is 4.79 Å². The van der Waals surface area contributed by atoms with Gasteiger partial charge in [-0.25, -0.2) is 4.98 Å². The van der Waals surface area contributed by atoms with E-state index in [0.717, 1.165) is 23.9 Å². The van der Waals surface area contributed by atoms with Crippen LogP contribution in [0.5, 0.6) is 0 Å². The number of nitrogens with zero attached hydrogens (tertiary/aromatic N) is 3. The largest absolute Gasteiger partial charge is 0.324 e. The Balaban J connectivity index is 1.98. The second kappa shape index (κ2) is 7.42. The van der Waals surface area contributed by atoms with Gasteiger partial charge in [-0.05, 0) is 24.6 Å². The minimum Gasteiger partial charge on any atom is -0.324 e. The third kappa shape index (κ3) is 3.61. The highest BCUT2D eigenvalue weighted by Crippen LogP contribution is 2.15. The minimum atomic E-state index is -0.113. The molecule has 3 rings (SSSR count). The molecule has 0 aliphatic carbocycles. The number of hydrogen-bond donors (Lipinski definition) is 1. The second-order valence-corrected chi connectivity index (χ2v) is 5.32.